The number of hydrogen-bond acceptors (Lipinski definition) is 5. The van der Waals surface area contributed by atoms with Crippen molar-refractivity contribution in [2.24, 2.45) is 0 Å². The summed E-state index contributed by atoms with van der Waals surface area (Å²) in [5.74, 6) is 0.329. The maximum atomic E-state index is 12.8. The molecule has 0 spiro atoms. The van der Waals surface area contributed by atoms with Crippen molar-refractivity contribution < 1.29 is 14.3 Å². The molecular weight excluding hydrogens is 434 g/mol. The summed E-state index contributed by atoms with van der Waals surface area (Å²) in [5, 5.41) is 9.04. The average molecular weight is 464 g/mol. The fraction of sp³-hybridized carbons (Fsp3) is 0.346. The molecule has 2 amide bonds. The second-order valence-electron chi connectivity index (χ2n) is 8.47. The van der Waals surface area contributed by atoms with Crippen LogP contribution in [0.25, 0.3) is 0 Å². The summed E-state index contributed by atoms with van der Waals surface area (Å²) in [7, 11) is 0. The van der Waals surface area contributed by atoms with Gasteiger partial charge in [-0.05, 0) is 68.7 Å². The molecule has 172 valence electrons. The third-order valence-electron chi connectivity index (χ3n) is 5.83. The molecule has 1 aliphatic rings. The van der Waals surface area contributed by atoms with E-state index in [0.29, 0.717) is 29.2 Å². The summed E-state index contributed by atoms with van der Waals surface area (Å²) in [6.45, 7) is 4.21. The van der Waals surface area contributed by atoms with E-state index >= 15 is 0 Å². The van der Waals surface area contributed by atoms with Gasteiger partial charge in [0.2, 0.25) is 0 Å². The van der Waals surface area contributed by atoms with Crippen molar-refractivity contribution in [1.29, 1.82) is 0 Å². The number of carbonyl (C=O) groups excluding carboxylic acids is 2. The molecule has 0 aliphatic heterocycles. The minimum absolute atomic E-state index is 0.0527. The molecule has 1 heterocycles. The predicted molar refractivity (Wildman–Crippen MR) is 131 cm³/mol. The highest BCUT2D eigenvalue weighted by molar-refractivity contribution is 7.09. The topological polar surface area (TPSA) is 80.3 Å². The van der Waals surface area contributed by atoms with E-state index in [2.05, 4.69) is 15.6 Å². The lowest BCUT2D eigenvalue weighted by Crippen LogP contribution is -2.36. The molecule has 2 N–H and O–H groups in total. The van der Waals surface area contributed by atoms with Gasteiger partial charge in [-0.2, -0.15) is 0 Å². The molecule has 0 bridgehead atoms. The third kappa shape index (κ3) is 6.20. The molecule has 6 nitrogen and oxygen atoms in total. The first-order chi connectivity index (χ1) is 16.0. The van der Waals surface area contributed by atoms with Gasteiger partial charge in [0.25, 0.3) is 11.8 Å². The fourth-order valence-corrected chi connectivity index (χ4v) is 4.61. The van der Waals surface area contributed by atoms with Crippen molar-refractivity contribution in [3.05, 3.63) is 75.2 Å². The molecule has 0 atom stereocenters. The summed E-state index contributed by atoms with van der Waals surface area (Å²) in [4.78, 5) is 29.8. The Bertz CT molecular complexity index is 1140. The summed E-state index contributed by atoms with van der Waals surface area (Å²) in [5.41, 5.74) is 3.50. The van der Waals surface area contributed by atoms with Crippen molar-refractivity contribution in [2.45, 2.75) is 58.6 Å². The Kier molecular flexibility index (Phi) is 7.40. The van der Waals surface area contributed by atoms with Crippen LogP contribution in [0.3, 0.4) is 0 Å². The Labute approximate surface area is 198 Å². The lowest BCUT2D eigenvalue weighted by molar-refractivity contribution is 0.0927. The second-order valence-corrected chi connectivity index (χ2v) is 9.53. The van der Waals surface area contributed by atoms with E-state index in [9.17, 15) is 9.59 Å². The molecule has 4 rings (SSSR count). The number of amides is 2. The number of rotatable bonds is 7. The molecule has 1 saturated carbocycles. The first-order valence-corrected chi connectivity index (χ1v) is 12.2. The number of nitrogens with zero attached hydrogens (tertiary/aromatic N) is 1. The number of aromatic nitrogens is 1. The predicted octanol–water partition coefficient (Wildman–Crippen LogP) is 5.65. The van der Waals surface area contributed by atoms with Gasteiger partial charge in [0.1, 0.15) is 12.4 Å². The standard InChI is InChI=1S/C26H29N3O3S/c1-17-13-20(25(30)28-21-8-4-3-5-9-21)11-12-24(17)29-26(31)19-7-6-10-23(14-19)32-15-22-16-33-18(2)27-22/h6-7,10-14,16,21H,3-5,8-9,15H2,1-2H3,(H,28,30)(H,29,31). The average Bonchev–Trinajstić information content (AvgIpc) is 3.25. The molecule has 7 heteroatoms. The highest BCUT2D eigenvalue weighted by atomic mass is 32.1. The Balaban J connectivity index is 1.37. The minimum Gasteiger partial charge on any atom is -0.487 e. The van der Waals surface area contributed by atoms with Gasteiger partial charge in [-0.25, -0.2) is 4.98 Å². The lowest BCUT2D eigenvalue weighted by atomic mass is 9.95. The van der Waals surface area contributed by atoms with E-state index in [1.165, 1.54) is 19.3 Å². The van der Waals surface area contributed by atoms with E-state index in [4.69, 9.17) is 4.74 Å². The normalized spacial score (nSPS) is 14.0. The van der Waals surface area contributed by atoms with Crippen LogP contribution in [0, 0.1) is 13.8 Å². The largest absolute Gasteiger partial charge is 0.487 e. The van der Waals surface area contributed by atoms with Gasteiger partial charge >= 0.3 is 0 Å². The number of thiazole rings is 1. The zero-order valence-corrected chi connectivity index (χ0v) is 19.8. The van der Waals surface area contributed by atoms with Gasteiger partial charge in [-0.3, -0.25) is 9.59 Å². The van der Waals surface area contributed by atoms with Crippen LogP contribution in [0.15, 0.2) is 47.8 Å². The van der Waals surface area contributed by atoms with E-state index in [1.54, 1.807) is 41.7 Å². The Morgan fingerprint density at radius 1 is 1.03 bits per heavy atom. The van der Waals surface area contributed by atoms with Crippen LogP contribution in [0.2, 0.25) is 0 Å². The van der Waals surface area contributed by atoms with Crippen LogP contribution in [-0.4, -0.2) is 22.8 Å². The number of hydrogen-bond donors (Lipinski definition) is 2. The summed E-state index contributed by atoms with van der Waals surface area (Å²) < 4.78 is 5.79. The second kappa shape index (κ2) is 10.6. The maximum absolute atomic E-state index is 12.8. The van der Waals surface area contributed by atoms with E-state index < -0.39 is 0 Å². The zero-order valence-electron chi connectivity index (χ0n) is 19.0. The Morgan fingerprint density at radius 3 is 2.55 bits per heavy atom. The van der Waals surface area contributed by atoms with Gasteiger partial charge < -0.3 is 15.4 Å². The van der Waals surface area contributed by atoms with Crippen LogP contribution in [0.1, 0.15) is 69.1 Å². The zero-order chi connectivity index (χ0) is 23.2. The smallest absolute Gasteiger partial charge is 0.255 e. The third-order valence-corrected chi connectivity index (χ3v) is 6.65. The minimum atomic E-state index is -0.229. The van der Waals surface area contributed by atoms with Gasteiger partial charge in [0.15, 0.2) is 0 Å². The van der Waals surface area contributed by atoms with Crippen molar-refractivity contribution in [2.75, 3.05) is 5.32 Å². The van der Waals surface area contributed by atoms with E-state index in [1.807, 2.05) is 31.4 Å². The van der Waals surface area contributed by atoms with Crippen LogP contribution in [-0.2, 0) is 6.61 Å². The Hall–Kier alpha value is -3.19. The molecular formula is C26H29N3O3S. The number of anilines is 1. The van der Waals surface area contributed by atoms with Crippen molar-refractivity contribution in [1.82, 2.24) is 10.3 Å². The first-order valence-electron chi connectivity index (χ1n) is 11.3. The summed E-state index contributed by atoms with van der Waals surface area (Å²) in [6, 6.07) is 12.7. The SMILES string of the molecule is Cc1nc(COc2cccc(C(=O)Nc3ccc(C(=O)NC4CCCCC4)cc3C)c2)cs1. The maximum Gasteiger partial charge on any atom is 0.255 e. The number of ether oxygens (including phenoxy) is 1. The van der Waals surface area contributed by atoms with E-state index in [0.717, 1.165) is 29.1 Å². The summed E-state index contributed by atoms with van der Waals surface area (Å²) >= 11 is 1.58. The van der Waals surface area contributed by atoms with Gasteiger partial charge in [0.05, 0.1) is 10.7 Å². The molecule has 1 aromatic heterocycles. The lowest BCUT2D eigenvalue weighted by Gasteiger charge is -2.23. The number of nitrogens with one attached hydrogen (secondary N) is 2. The highest BCUT2D eigenvalue weighted by Crippen LogP contribution is 2.22. The van der Waals surface area contributed by atoms with Gasteiger partial charge in [-0.1, -0.05) is 25.3 Å². The Morgan fingerprint density at radius 2 is 1.82 bits per heavy atom. The first kappa shape index (κ1) is 23.0. The molecule has 1 fully saturated rings. The molecule has 33 heavy (non-hydrogen) atoms. The van der Waals surface area contributed by atoms with Crippen LogP contribution < -0.4 is 15.4 Å². The van der Waals surface area contributed by atoms with Gasteiger partial charge in [0, 0.05) is 28.2 Å². The monoisotopic (exact) mass is 463 g/mol. The van der Waals surface area contributed by atoms with Crippen molar-refractivity contribution >= 4 is 28.8 Å². The number of benzene rings is 2. The highest BCUT2D eigenvalue weighted by Gasteiger charge is 2.17. The van der Waals surface area contributed by atoms with Crippen LogP contribution in [0.4, 0.5) is 5.69 Å². The fourth-order valence-electron chi connectivity index (χ4n) is 4.01. The van der Waals surface area contributed by atoms with Gasteiger partial charge in [-0.15, -0.1) is 11.3 Å². The molecule has 0 radical (unpaired) electrons. The van der Waals surface area contributed by atoms with Crippen molar-refractivity contribution in [3.8, 4) is 5.75 Å². The molecule has 0 unspecified atom stereocenters. The molecule has 0 saturated heterocycles. The quantitative estimate of drug-likeness (QED) is 0.474. The van der Waals surface area contributed by atoms with E-state index in [-0.39, 0.29) is 17.9 Å². The van der Waals surface area contributed by atoms with Crippen molar-refractivity contribution in [3.63, 3.8) is 0 Å². The number of carbonyl (C=O) groups is 2. The number of aryl methyl sites for hydroxylation is 2. The van der Waals surface area contributed by atoms with Crippen LogP contribution in [0.5, 0.6) is 5.75 Å². The molecule has 2 aromatic carbocycles. The molecule has 3 aromatic rings. The molecule has 1 aliphatic carbocycles. The summed E-state index contributed by atoms with van der Waals surface area (Å²) in [6.07, 6.45) is 5.69. The van der Waals surface area contributed by atoms with Crippen LogP contribution >= 0.6 is 11.3 Å².